The lowest BCUT2D eigenvalue weighted by Gasteiger charge is -2.26. The van der Waals surface area contributed by atoms with E-state index in [0.29, 0.717) is 45.0 Å². The monoisotopic (exact) mass is 522 g/mol. The Bertz CT molecular complexity index is 1800. The smallest absolute Gasteiger partial charge is 0.159 e. The third-order valence-electron chi connectivity index (χ3n) is 7.23. The van der Waals surface area contributed by atoms with Crippen molar-refractivity contribution in [1.82, 2.24) is 40.0 Å². The third-order valence-corrected chi connectivity index (χ3v) is 7.23. The van der Waals surface area contributed by atoms with E-state index in [2.05, 4.69) is 35.0 Å². The van der Waals surface area contributed by atoms with Crippen LogP contribution in [0.1, 0.15) is 24.8 Å². The molecule has 1 aliphatic heterocycles. The predicted molar refractivity (Wildman–Crippen MR) is 144 cm³/mol. The van der Waals surface area contributed by atoms with Crippen LogP contribution in [0.5, 0.6) is 0 Å². The third kappa shape index (κ3) is 4.32. The topological polar surface area (TPSA) is 99.3 Å². The van der Waals surface area contributed by atoms with Crippen molar-refractivity contribution in [2.75, 3.05) is 13.1 Å². The van der Waals surface area contributed by atoms with Crippen molar-refractivity contribution >= 4 is 22.1 Å². The van der Waals surface area contributed by atoms with Crippen molar-refractivity contribution in [3.8, 4) is 33.9 Å². The van der Waals surface area contributed by atoms with Gasteiger partial charge in [0.25, 0.3) is 0 Å². The van der Waals surface area contributed by atoms with Crippen LogP contribution in [-0.4, -0.2) is 53.1 Å². The van der Waals surface area contributed by atoms with Crippen LogP contribution in [0.2, 0.25) is 0 Å². The fourth-order valence-corrected chi connectivity index (χ4v) is 5.29. The number of likely N-dealkylation sites (tertiary alicyclic amines) is 1. The van der Waals surface area contributed by atoms with E-state index in [1.54, 1.807) is 30.6 Å². The first-order valence-electron chi connectivity index (χ1n) is 12.9. The van der Waals surface area contributed by atoms with Crippen LogP contribution < -0.4 is 0 Å². The molecule has 6 aromatic rings. The lowest BCUT2D eigenvalue weighted by atomic mass is 10.0. The van der Waals surface area contributed by atoms with E-state index in [0.717, 1.165) is 30.8 Å². The second-order valence-corrected chi connectivity index (χ2v) is 9.85. The van der Waals surface area contributed by atoms with Gasteiger partial charge in [0.1, 0.15) is 22.8 Å². The standard InChI is InChI=1S/C29H24F2N8/c30-20-6-4-18(5-7-20)25-26-22(8-9-33-25)35-29(36-26)27-23-24(31)21(15-34-28(23)38-37-27)19-12-17(13-32-14-19)16-39-10-2-1-3-11-39/h4-9,12-15H,1-3,10-11,16H2,(H,35,36)(H,34,37,38). The van der Waals surface area contributed by atoms with Gasteiger partial charge in [-0.3, -0.25) is 20.0 Å². The second kappa shape index (κ2) is 9.63. The average molecular weight is 523 g/mol. The molecule has 194 valence electrons. The van der Waals surface area contributed by atoms with Crippen LogP contribution in [0.4, 0.5) is 8.78 Å². The minimum Gasteiger partial charge on any atom is -0.336 e. The summed E-state index contributed by atoms with van der Waals surface area (Å²) < 4.78 is 29.6. The van der Waals surface area contributed by atoms with Gasteiger partial charge in [-0.25, -0.2) is 18.7 Å². The number of H-pyrrole nitrogens is 2. The molecule has 10 heteroatoms. The summed E-state index contributed by atoms with van der Waals surface area (Å²) in [5, 5.41) is 7.42. The highest BCUT2D eigenvalue weighted by atomic mass is 19.1. The minimum atomic E-state index is -0.446. The molecule has 7 rings (SSSR count). The molecule has 0 aliphatic carbocycles. The van der Waals surface area contributed by atoms with Gasteiger partial charge in [-0.15, -0.1) is 0 Å². The van der Waals surface area contributed by atoms with Crippen molar-refractivity contribution in [1.29, 1.82) is 0 Å². The highest BCUT2D eigenvalue weighted by Gasteiger charge is 2.22. The zero-order valence-corrected chi connectivity index (χ0v) is 21.0. The number of halogens is 2. The molecule has 5 aromatic heterocycles. The first-order valence-corrected chi connectivity index (χ1v) is 12.9. The molecule has 39 heavy (non-hydrogen) atoms. The molecule has 1 fully saturated rings. The van der Waals surface area contributed by atoms with Crippen LogP contribution in [-0.2, 0) is 6.54 Å². The summed E-state index contributed by atoms with van der Waals surface area (Å²) in [5.41, 5.74) is 5.28. The maximum atomic E-state index is 16.1. The van der Waals surface area contributed by atoms with Crippen molar-refractivity contribution < 1.29 is 8.78 Å². The summed E-state index contributed by atoms with van der Waals surface area (Å²) in [6.45, 7) is 2.93. The number of aromatic amines is 2. The number of piperidine rings is 1. The van der Waals surface area contributed by atoms with Gasteiger partial charge in [0.15, 0.2) is 11.5 Å². The van der Waals surface area contributed by atoms with E-state index in [-0.39, 0.29) is 11.2 Å². The average Bonchev–Trinajstić information content (AvgIpc) is 3.59. The number of benzene rings is 1. The molecule has 2 N–H and O–H groups in total. The van der Waals surface area contributed by atoms with E-state index in [1.165, 1.54) is 37.6 Å². The van der Waals surface area contributed by atoms with Crippen molar-refractivity contribution in [3.63, 3.8) is 0 Å². The van der Waals surface area contributed by atoms with Gasteiger partial charge in [0.05, 0.1) is 16.6 Å². The molecular weight excluding hydrogens is 498 g/mol. The predicted octanol–water partition coefficient (Wildman–Crippen LogP) is 5.89. The Morgan fingerprint density at radius 3 is 2.56 bits per heavy atom. The molecule has 1 aliphatic rings. The Labute approximate surface area is 222 Å². The summed E-state index contributed by atoms with van der Waals surface area (Å²) in [7, 11) is 0. The second-order valence-electron chi connectivity index (χ2n) is 9.85. The van der Waals surface area contributed by atoms with Crippen LogP contribution in [0.15, 0.2) is 61.2 Å². The van der Waals surface area contributed by atoms with E-state index in [9.17, 15) is 4.39 Å². The van der Waals surface area contributed by atoms with Crippen LogP contribution >= 0.6 is 0 Å². The first kappa shape index (κ1) is 23.5. The maximum absolute atomic E-state index is 16.1. The molecule has 0 atom stereocenters. The summed E-state index contributed by atoms with van der Waals surface area (Å²) in [6, 6.07) is 9.83. The number of nitrogens with zero attached hydrogens (tertiary/aromatic N) is 6. The first-order chi connectivity index (χ1) is 19.1. The van der Waals surface area contributed by atoms with Gasteiger partial charge < -0.3 is 4.98 Å². The summed E-state index contributed by atoms with van der Waals surface area (Å²) >= 11 is 0. The van der Waals surface area contributed by atoms with Crippen molar-refractivity contribution in [2.24, 2.45) is 0 Å². The highest BCUT2D eigenvalue weighted by Crippen LogP contribution is 2.34. The number of aromatic nitrogens is 7. The molecule has 1 aromatic carbocycles. The van der Waals surface area contributed by atoms with Gasteiger partial charge >= 0.3 is 0 Å². The summed E-state index contributed by atoms with van der Waals surface area (Å²) in [5.74, 6) is -0.400. The lowest BCUT2D eigenvalue weighted by Crippen LogP contribution is -2.29. The van der Waals surface area contributed by atoms with E-state index < -0.39 is 5.82 Å². The lowest BCUT2D eigenvalue weighted by molar-refractivity contribution is 0.220. The maximum Gasteiger partial charge on any atom is 0.159 e. The number of hydrogen-bond donors (Lipinski definition) is 2. The SMILES string of the molecule is Fc1ccc(-c2nccc3[nH]c(-c4n[nH]c5ncc(-c6cncc(CN7CCCCC7)c6)c(F)c45)nc23)cc1. The van der Waals surface area contributed by atoms with E-state index in [1.807, 2.05) is 12.3 Å². The molecule has 0 spiro atoms. The normalized spacial score (nSPS) is 14.4. The largest absolute Gasteiger partial charge is 0.336 e. The Morgan fingerprint density at radius 1 is 0.872 bits per heavy atom. The Morgan fingerprint density at radius 2 is 1.72 bits per heavy atom. The number of nitrogens with one attached hydrogen (secondary N) is 2. The number of rotatable bonds is 5. The molecule has 0 bridgehead atoms. The molecule has 8 nitrogen and oxygen atoms in total. The number of imidazole rings is 1. The fraction of sp³-hybridized carbons (Fsp3) is 0.207. The molecule has 0 unspecified atom stereocenters. The van der Waals surface area contributed by atoms with Crippen LogP contribution in [0.3, 0.4) is 0 Å². The van der Waals surface area contributed by atoms with Gasteiger partial charge in [0, 0.05) is 48.0 Å². The molecule has 6 heterocycles. The van der Waals surface area contributed by atoms with Crippen LogP contribution in [0, 0.1) is 11.6 Å². The minimum absolute atomic E-state index is 0.240. The van der Waals surface area contributed by atoms with Gasteiger partial charge in [-0.1, -0.05) is 6.42 Å². The zero-order valence-electron chi connectivity index (χ0n) is 21.0. The van der Waals surface area contributed by atoms with Gasteiger partial charge in [-0.2, -0.15) is 5.10 Å². The van der Waals surface area contributed by atoms with Crippen molar-refractivity contribution in [3.05, 3.63) is 78.4 Å². The highest BCUT2D eigenvalue weighted by molar-refractivity contribution is 5.96. The van der Waals surface area contributed by atoms with Crippen molar-refractivity contribution in [2.45, 2.75) is 25.8 Å². The van der Waals surface area contributed by atoms with E-state index in [4.69, 9.17) is 4.98 Å². The molecule has 1 saturated heterocycles. The van der Waals surface area contributed by atoms with E-state index >= 15 is 4.39 Å². The number of pyridine rings is 3. The number of fused-ring (bicyclic) bond motifs is 2. The molecule has 0 amide bonds. The molecule has 0 saturated carbocycles. The fourth-order valence-electron chi connectivity index (χ4n) is 5.29. The number of hydrogen-bond acceptors (Lipinski definition) is 6. The Kier molecular flexibility index (Phi) is 5.81. The summed E-state index contributed by atoms with van der Waals surface area (Å²) in [4.78, 5) is 23.7. The molecule has 0 radical (unpaired) electrons. The quantitative estimate of drug-likeness (QED) is 0.293. The van der Waals surface area contributed by atoms with Gasteiger partial charge in [0.2, 0.25) is 0 Å². The molecular formula is C29H24F2N8. The Hall–Kier alpha value is -4.57. The van der Waals surface area contributed by atoms with Crippen LogP contribution in [0.25, 0.3) is 56.0 Å². The zero-order chi connectivity index (χ0) is 26.3. The Balaban J connectivity index is 1.29. The summed E-state index contributed by atoms with van der Waals surface area (Å²) in [6.07, 6.45) is 10.3. The van der Waals surface area contributed by atoms with Gasteiger partial charge in [-0.05, 0) is 67.9 Å².